The maximum atomic E-state index is 12.5. The number of carbonyl (C=O) groups is 1. The van der Waals surface area contributed by atoms with Gasteiger partial charge in [-0.05, 0) is 19.1 Å². The van der Waals surface area contributed by atoms with Gasteiger partial charge in [0.15, 0.2) is 5.78 Å². The van der Waals surface area contributed by atoms with Gasteiger partial charge in [-0.15, -0.1) is 0 Å². The molecule has 0 unspecified atom stereocenters. The number of ether oxygens (including phenoxy) is 2. The third-order valence-electron chi connectivity index (χ3n) is 3.44. The van der Waals surface area contributed by atoms with Crippen LogP contribution in [-0.2, 0) is 0 Å². The second-order valence-corrected chi connectivity index (χ2v) is 4.76. The van der Waals surface area contributed by atoms with Gasteiger partial charge >= 0.3 is 0 Å². The molecule has 0 aliphatic carbocycles. The number of hydrogen-bond acceptors (Lipinski definition) is 3. The van der Waals surface area contributed by atoms with E-state index in [4.69, 9.17) is 9.47 Å². The Bertz CT molecular complexity index is 654. The summed E-state index contributed by atoms with van der Waals surface area (Å²) in [7, 11) is 3.01. The standard InChI is InChI=1S/C17H16F2O3/c1-10-14(21-2)8-13(9-15(10)22-3)16(20)11-4-6-12(7-5-11)17(18)19/h4-9,17H,1-3H3. The Labute approximate surface area is 127 Å². The molecule has 0 N–H and O–H groups in total. The molecule has 0 bridgehead atoms. The monoisotopic (exact) mass is 306 g/mol. The van der Waals surface area contributed by atoms with Gasteiger partial charge < -0.3 is 9.47 Å². The zero-order chi connectivity index (χ0) is 16.3. The average Bonchev–Trinajstić information content (AvgIpc) is 2.54. The normalized spacial score (nSPS) is 10.6. The van der Waals surface area contributed by atoms with Crippen molar-refractivity contribution < 1.29 is 23.0 Å². The van der Waals surface area contributed by atoms with E-state index in [-0.39, 0.29) is 11.3 Å². The van der Waals surface area contributed by atoms with Gasteiger partial charge in [0.25, 0.3) is 6.43 Å². The van der Waals surface area contributed by atoms with E-state index >= 15 is 0 Å². The Morgan fingerprint density at radius 3 is 1.86 bits per heavy atom. The maximum absolute atomic E-state index is 12.5. The van der Waals surface area contributed by atoms with Crippen LogP contribution in [0.1, 0.15) is 33.5 Å². The minimum absolute atomic E-state index is 0.115. The van der Waals surface area contributed by atoms with Crippen molar-refractivity contribution >= 4 is 5.78 Å². The molecule has 0 fully saturated rings. The van der Waals surface area contributed by atoms with E-state index in [9.17, 15) is 13.6 Å². The molecule has 0 atom stereocenters. The van der Waals surface area contributed by atoms with Gasteiger partial charge in [-0.2, -0.15) is 0 Å². The van der Waals surface area contributed by atoms with Crippen LogP contribution in [0, 0.1) is 6.92 Å². The Hall–Kier alpha value is -2.43. The van der Waals surface area contributed by atoms with Crippen LogP contribution in [0.4, 0.5) is 8.78 Å². The summed E-state index contributed by atoms with van der Waals surface area (Å²) in [5, 5.41) is 0. The van der Waals surface area contributed by atoms with Crippen LogP contribution in [-0.4, -0.2) is 20.0 Å². The topological polar surface area (TPSA) is 35.5 Å². The van der Waals surface area contributed by atoms with Gasteiger partial charge in [-0.1, -0.05) is 24.3 Å². The molecule has 2 aromatic carbocycles. The van der Waals surface area contributed by atoms with Crippen LogP contribution >= 0.6 is 0 Å². The number of carbonyl (C=O) groups excluding carboxylic acids is 1. The van der Waals surface area contributed by atoms with Gasteiger partial charge in [0.1, 0.15) is 11.5 Å². The van der Waals surface area contributed by atoms with Gasteiger partial charge in [0.2, 0.25) is 0 Å². The van der Waals surface area contributed by atoms with E-state index < -0.39 is 6.43 Å². The number of hydrogen-bond donors (Lipinski definition) is 0. The van der Waals surface area contributed by atoms with Crippen LogP contribution in [0.2, 0.25) is 0 Å². The average molecular weight is 306 g/mol. The second kappa shape index (κ2) is 6.56. The fourth-order valence-electron chi connectivity index (χ4n) is 2.16. The molecule has 0 spiro atoms. The molecule has 0 radical (unpaired) electrons. The molecule has 5 heteroatoms. The number of halogens is 2. The maximum Gasteiger partial charge on any atom is 0.263 e. The highest BCUT2D eigenvalue weighted by atomic mass is 19.3. The number of benzene rings is 2. The third-order valence-corrected chi connectivity index (χ3v) is 3.44. The highest BCUT2D eigenvalue weighted by Gasteiger charge is 2.16. The molecular formula is C17H16F2O3. The number of alkyl halides is 2. The van der Waals surface area contributed by atoms with Crippen molar-refractivity contribution in [2.45, 2.75) is 13.3 Å². The molecule has 0 aromatic heterocycles. The van der Waals surface area contributed by atoms with Crippen LogP contribution in [0.25, 0.3) is 0 Å². The lowest BCUT2D eigenvalue weighted by Crippen LogP contribution is -2.04. The summed E-state index contributed by atoms with van der Waals surface area (Å²) in [5.74, 6) is 0.788. The summed E-state index contributed by atoms with van der Waals surface area (Å²) in [6.45, 7) is 1.82. The highest BCUT2D eigenvalue weighted by molar-refractivity contribution is 6.09. The van der Waals surface area contributed by atoms with E-state index in [1.165, 1.54) is 38.5 Å². The molecule has 116 valence electrons. The first-order valence-electron chi connectivity index (χ1n) is 6.63. The number of ketones is 1. The molecule has 0 aliphatic heterocycles. The third kappa shape index (κ3) is 3.08. The van der Waals surface area contributed by atoms with Crippen LogP contribution in [0.15, 0.2) is 36.4 Å². The zero-order valence-corrected chi connectivity index (χ0v) is 12.5. The molecule has 2 aromatic rings. The SMILES string of the molecule is COc1cc(C(=O)c2ccc(C(F)F)cc2)cc(OC)c1C. The summed E-state index contributed by atoms with van der Waals surface area (Å²) >= 11 is 0. The van der Waals surface area contributed by atoms with Crippen molar-refractivity contribution in [3.05, 3.63) is 58.7 Å². The van der Waals surface area contributed by atoms with Crippen molar-refractivity contribution in [3.63, 3.8) is 0 Å². The van der Waals surface area contributed by atoms with Gasteiger partial charge in [-0.25, -0.2) is 8.78 Å². The lowest BCUT2D eigenvalue weighted by atomic mass is 10.00. The number of rotatable bonds is 5. The van der Waals surface area contributed by atoms with E-state index in [0.29, 0.717) is 22.6 Å². The molecule has 0 saturated carbocycles. The molecule has 0 saturated heterocycles. The Balaban J connectivity index is 2.40. The van der Waals surface area contributed by atoms with Crippen LogP contribution in [0.5, 0.6) is 11.5 Å². The summed E-state index contributed by atoms with van der Waals surface area (Å²) < 4.78 is 35.6. The fraction of sp³-hybridized carbons (Fsp3) is 0.235. The fourth-order valence-corrected chi connectivity index (χ4v) is 2.16. The molecule has 22 heavy (non-hydrogen) atoms. The minimum Gasteiger partial charge on any atom is -0.496 e. The molecule has 3 nitrogen and oxygen atoms in total. The first kappa shape index (κ1) is 15.9. The Morgan fingerprint density at radius 1 is 0.955 bits per heavy atom. The van der Waals surface area contributed by atoms with Crippen molar-refractivity contribution in [2.75, 3.05) is 14.2 Å². The summed E-state index contributed by atoms with van der Waals surface area (Å²) in [6.07, 6.45) is -2.55. The first-order valence-corrected chi connectivity index (χ1v) is 6.63. The van der Waals surface area contributed by atoms with Crippen LogP contribution in [0.3, 0.4) is 0 Å². The van der Waals surface area contributed by atoms with Crippen molar-refractivity contribution in [3.8, 4) is 11.5 Å². The molecule has 0 aliphatic rings. The van der Waals surface area contributed by atoms with Crippen molar-refractivity contribution in [1.29, 1.82) is 0 Å². The zero-order valence-electron chi connectivity index (χ0n) is 12.5. The largest absolute Gasteiger partial charge is 0.496 e. The second-order valence-electron chi connectivity index (χ2n) is 4.76. The summed E-state index contributed by atoms with van der Waals surface area (Å²) in [6, 6.07) is 8.51. The lowest BCUT2D eigenvalue weighted by molar-refractivity contribution is 0.103. The number of methoxy groups -OCH3 is 2. The molecule has 0 amide bonds. The van der Waals surface area contributed by atoms with Gasteiger partial charge in [0.05, 0.1) is 14.2 Å². The molecular weight excluding hydrogens is 290 g/mol. The van der Waals surface area contributed by atoms with Crippen molar-refractivity contribution in [2.24, 2.45) is 0 Å². The van der Waals surface area contributed by atoms with E-state index in [1.807, 2.05) is 6.92 Å². The van der Waals surface area contributed by atoms with Gasteiger partial charge in [0, 0.05) is 22.3 Å². The summed E-state index contributed by atoms with van der Waals surface area (Å²) in [5.41, 5.74) is 1.38. The van der Waals surface area contributed by atoms with Crippen LogP contribution < -0.4 is 9.47 Å². The Morgan fingerprint density at radius 2 is 1.45 bits per heavy atom. The minimum atomic E-state index is -2.55. The smallest absolute Gasteiger partial charge is 0.263 e. The van der Waals surface area contributed by atoms with Gasteiger partial charge in [-0.3, -0.25) is 4.79 Å². The van der Waals surface area contributed by atoms with E-state index in [0.717, 1.165) is 5.56 Å². The predicted molar refractivity (Wildman–Crippen MR) is 79.1 cm³/mol. The van der Waals surface area contributed by atoms with Crippen molar-refractivity contribution in [1.82, 2.24) is 0 Å². The summed E-state index contributed by atoms with van der Waals surface area (Å²) in [4.78, 5) is 12.5. The van der Waals surface area contributed by atoms with E-state index in [1.54, 1.807) is 12.1 Å². The predicted octanol–water partition coefficient (Wildman–Crippen LogP) is 4.18. The Kier molecular flexibility index (Phi) is 4.75. The molecule has 0 heterocycles. The van der Waals surface area contributed by atoms with E-state index in [2.05, 4.69) is 0 Å². The lowest BCUT2D eigenvalue weighted by Gasteiger charge is -2.12. The molecule has 2 rings (SSSR count). The first-order chi connectivity index (χ1) is 10.5. The quantitative estimate of drug-likeness (QED) is 0.777. The highest BCUT2D eigenvalue weighted by Crippen LogP contribution is 2.30.